The summed E-state index contributed by atoms with van der Waals surface area (Å²) in [5.74, 6) is 0.129. The predicted octanol–water partition coefficient (Wildman–Crippen LogP) is 2.01. The lowest BCUT2D eigenvalue weighted by Crippen LogP contribution is -2.56. The van der Waals surface area contributed by atoms with Crippen molar-refractivity contribution >= 4 is 29.2 Å². The third kappa shape index (κ3) is 4.26. The second kappa shape index (κ2) is 9.29. The van der Waals surface area contributed by atoms with Crippen molar-refractivity contribution in [1.82, 2.24) is 15.2 Å². The number of fused-ring (bicyclic) bond motifs is 3. The van der Waals surface area contributed by atoms with E-state index >= 15 is 0 Å². The summed E-state index contributed by atoms with van der Waals surface area (Å²) in [4.78, 5) is 45.3. The second-order valence-electron chi connectivity index (χ2n) is 10.5. The Hall–Kier alpha value is -3.30. The average Bonchev–Trinajstić information content (AvgIpc) is 3.39. The molecule has 0 bridgehead atoms. The second-order valence-corrected chi connectivity index (χ2v) is 10.5. The van der Waals surface area contributed by atoms with E-state index in [1.807, 2.05) is 30.3 Å². The summed E-state index contributed by atoms with van der Waals surface area (Å²) in [5.41, 5.74) is 2.02. The minimum Gasteiger partial charge on any atom is -0.369 e. The Morgan fingerprint density at radius 3 is 2.81 bits per heavy atom. The van der Waals surface area contributed by atoms with Gasteiger partial charge in [0.2, 0.25) is 11.8 Å². The number of aromatic nitrogens is 1. The van der Waals surface area contributed by atoms with E-state index < -0.39 is 11.0 Å². The van der Waals surface area contributed by atoms with Crippen molar-refractivity contribution in [3.05, 3.63) is 53.2 Å². The first-order valence-electron chi connectivity index (χ1n) is 12.5. The third-order valence-corrected chi connectivity index (χ3v) is 7.78. The van der Waals surface area contributed by atoms with E-state index in [2.05, 4.69) is 20.9 Å². The number of ether oxygens (including phenoxy) is 1. The summed E-state index contributed by atoms with van der Waals surface area (Å²) in [6.45, 7) is 4.95. The number of rotatable bonds is 6. The molecule has 0 unspecified atom stereocenters. The molecule has 3 N–H and O–H groups in total. The minimum atomic E-state index is -1.02. The van der Waals surface area contributed by atoms with Crippen LogP contribution in [0.5, 0.6) is 0 Å². The van der Waals surface area contributed by atoms with E-state index in [0.717, 1.165) is 36.1 Å². The minimum absolute atomic E-state index is 0.0333. The Kier molecular flexibility index (Phi) is 6.30. The number of anilines is 2. The predicted molar refractivity (Wildman–Crippen MR) is 136 cm³/mol. The van der Waals surface area contributed by atoms with Crippen LogP contribution in [0.4, 0.5) is 11.5 Å². The maximum Gasteiger partial charge on any atom is 0.254 e. The van der Waals surface area contributed by atoms with Gasteiger partial charge in [0.25, 0.3) is 5.91 Å². The Balaban J connectivity index is 1.32. The molecule has 36 heavy (non-hydrogen) atoms. The number of amides is 3. The fourth-order valence-electron chi connectivity index (χ4n) is 5.60. The number of hydrogen-bond donors (Lipinski definition) is 3. The largest absolute Gasteiger partial charge is 0.369 e. The third-order valence-electron chi connectivity index (χ3n) is 7.78. The highest BCUT2D eigenvalue weighted by atomic mass is 16.5. The number of carbonyl (C=O) groups excluding carboxylic acids is 3. The van der Waals surface area contributed by atoms with Gasteiger partial charge in [0.15, 0.2) is 0 Å². The molecule has 0 radical (unpaired) electrons. The molecule has 1 fully saturated rings. The summed E-state index contributed by atoms with van der Waals surface area (Å²) < 4.78 is 5.42. The molecule has 1 aromatic heterocycles. The van der Waals surface area contributed by atoms with E-state index in [4.69, 9.17) is 4.74 Å². The van der Waals surface area contributed by atoms with Crippen molar-refractivity contribution in [3.8, 4) is 0 Å². The van der Waals surface area contributed by atoms with Gasteiger partial charge in [0.05, 0.1) is 5.41 Å². The molecule has 0 saturated carbocycles. The normalized spacial score (nSPS) is 22.6. The molecule has 5 rings (SSSR count). The van der Waals surface area contributed by atoms with Crippen LogP contribution in [-0.2, 0) is 37.4 Å². The van der Waals surface area contributed by atoms with Gasteiger partial charge in [-0.3, -0.25) is 14.4 Å². The van der Waals surface area contributed by atoms with Crippen LogP contribution in [0.15, 0.2) is 36.5 Å². The summed E-state index contributed by atoms with van der Waals surface area (Å²) >= 11 is 0. The van der Waals surface area contributed by atoms with Crippen LogP contribution in [0.2, 0.25) is 0 Å². The van der Waals surface area contributed by atoms with E-state index in [-0.39, 0.29) is 30.3 Å². The van der Waals surface area contributed by atoms with E-state index in [1.165, 1.54) is 7.11 Å². The van der Waals surface area contributed by atoms with Gasteiger partial charge in [-0.05, 0) is 75.4 Å². The molecule has 3 heterocycles. The monoisotopic (exact) mass is 491 g/mol. The van der Waals surface area contributed by atoms with Crippen LogP contribution in [-0.4, -0.2) is 66.0 Å². The van der Waals surface area contributed by atoms with Gasteiger partial charge in [0, 0.05) is 37.1 Å². The van der Waals surface area contributed by atoms with Gasteiger partial charge in [-0.2, -0.15) is 0 Å². The molecule has 190 valence electrons. The number of hydrogen-bond acceptors (Lipinski definition) is 6. The van der Waals surface area contributed by atoms with Gasteiger partial charge in [-0.1, -0.05) is 12.1 Å². The standard InChI is InChI=1S/C27H33N5O4/c1-26(2,36-3)25(35)32(20-6-4-10-28-15-20)16-22(33)30-19-9-8-17-13-27(14-18(17)12-19)21-7-5-11-29-23(21)31-24(27)34/h5,7-9,11-12,20,28H,4,6,10,13-16H2,1-3H3,(H,30,33)(H,29,31,34)/t20-,27+/m0/s1. The molecule has 1 aliphatic carbocycles. The van der Waals surface area contributed by atoms with Crippen LogP contribution in [0.3, 0.4) is 0 Å². The highest BCUT2D eigenvalue weighted by molar-refractivity contribution is 6.06. The number of piperidine rings is 1. The zero-order chi connectivity index (χ0) is 25.5. The van der Waals surface area contributed by atoms with Gasteiger partial charge < -0.3 is 25.6 Å². The van der Waals surface area contributed by atoms with Crippen molar-refractivity contribution in [2.75, 3.05) is 37.4 Å². The first-order valence-corrected chi connectivity index (χ1v) is 12.5. The number of nitrogens with one attached hydrogen (secondary N) is 3. The van der Waals surface area contributed by atoms with Crippen LogP contribution < -0.4 is 16.0 Å². The zero-order valence-electron chi connectivity index (χ0n) is 21.0. The SMILES string of the molecule is COC(C)(C)C(=O)N(CC(=O)Nc1ccc2c(c1)C[C@@]1(C2)C(=O)Nc2ncccc21)[C@H]1CCCNC1. The molecule has 1 spiro atoms. The summed E-state index contributed by atoms with van der Waals surface area (Å²) in [5, 5.41) is 9.21. The van der Waals surface area contributed by atoms with E-state index in [0.29, 0.717) is 30.9 Å². The topological polar surface area (TPSA) is 113 Å². The number of benzene rings is 1. The van der Waals surface area contributed by atoms with Crippen LogP contribution in [0, 0.1) is 0 Å². The van der Waals surface area contributed by atoms with Gasteiger partial charge in [0.1, 0.15) is 18.0 Å². The van der Waals surface area contributed by atoms with Crippen molar-refractivity contribution in [3.63, 3.8) is 0 Å². The Bertz CT molecular complexity index is 1210. The van der Waals surface area contributed by atoms with Crippen LogP contribution in [0.25, 0.3) is 0 Å². The van der Waals surface area contributed by atoms with Crippen molar-refractivity contribution in [2.45, 2.75) is 56.6 Å². The highest BCUT2D eigenvalue weighted by Gasteiger charge is 2.51. The Labute approximate surface area is 211 Å². The van der Waals surface area contributed by atoms with Crippen molar-refractivity contribution in [1.29, 1.82) is 0 Å². The quantitative estimate of drug-likeness (QED) is 0.570. The molecule has 9 heteroatoms. The zero-order valence-corrected chi connectivity index (χ0v) is 21.0. The number of carbonyl (C=O) groups is 3. The average molecular weight is 492 g/mol. The Morgan fingerprint density at radius 1 is 1.25 bits per heavy atom. The van der Waals surface area contributed by atoms with E-state index in [1.54, 1.807) is 24.9 Å². The first-order chi connectivity index (χ1) is 17.2. The molecule has 9 nitrogen and oxygen atoms in total. The van der Waals surface area contributed by atoms with Gasteiger partial charge in [-0.15, -0.1) is 0 Å². The molecule has 3 aliphatic rings. The van der Waals surface area contributed by atoms with Crippen LogP contribution >= 0.6 is 0 Å². The van der Waals surface area contributed by atoms with E-state index in [9.17, 15) is 14.4 Å². The lowest BCUT2D eigenvalue weighted by Gasteiger charge is -2.38. The fraction of sp³-hybridized carbons (Fsp3) is 0.481. The summed E-state index contributed by atoms with van der Waals surface area (Å²) in [7, 11) is 1.51. The smallest absolute Gasteiger partial charge is 0.254 e. The number of pyridine rings is 1. The molecule has 1 aromatic carbocycles. The first kappa shape index (κ1) is 24.4. The number of methoxy groups -OCH3 is 1. The Morgan fingerprint density at radius 2 is 2.06 bits per heavy atom. The lowest BCUT2D eigenvalue weighted by molar-refractivity contribution is -0.155. The molecule has 1 saturated heterocycles. The lowest BCUT2D eigenvalue weighted by atomic mass is 9.79. The number of nitrogens with zero attached hydrogens (tertiary/aromatic N) is 2. The van der Waals surface area contributed by atoms with Gasteiger partial charge in [-0.25, -0.2) is 4.98 Å². The molecular formula is C27H33N5O4. The molecular weight excluding hydrogens is 458 g/mol. The van der Waals surface area contributed by atoms with Crippen molar-refractivity contribution < 1.29 is 19.1 Å². The fourth-order valence-corrected chi connectivity index (χ4v) is 5.60. The molecule has 2 aromatic rings. The maximum absolute atomic E-state index is 13.3. The van der Waals surface area contributed by atoms with Gasteiger partial charge >= 0.3 is 0 Å². The highest BCUT2D eigenvalue weighted by Crippen LogP contribution is 2.46. The molecule has 3 amide bonds. The van der Waals surface area contributed by atoms with Crippen LogP contribution in [0.1, 0.15) is 43.4 Å². The molecule has 2 atom stereocenters. The summed E-state index contributed by atoms with van der Waals surface area (Å²) in [6, 6.07) is 9.53. The summed E-state index contributed by atoms with van der Waals surface area (Å²) in [6.07, 6.45) is 4.62. The molecule has 2 aliphatic heterocycles. The van der Waals surface area contributed by atoms with Crippen molar-refractivity contribution in [2.24, 2.45) is 0 Å². The maximum atomic E-state index is 13.3.